The number of rotatable bonds is 13. The summed E-state index contributed by atoms with van der Waals surface area (Å²) in [5, 5.41) is 34.9. The fraction of sp³-hybridized carbons (Fsp3) is 0.778. The van der Waals surface area contributed by atoms with Gasteiger partial charge in [-0.1, -0.05) is 40.5 Å². The third kappa shape index (κ3) is 8.34. The van der Waals surface area contributed by atoms with Crippen LogP contribution in [0.15, 0.2) is 0 Å². The molecular formula is C18H34N4O7. The highest BCUT2D eigenvalue weighted by atomic mass is 16.4. The molecule has 0 aliphatic carbocycles. The molecule has 0 spiro atoms. The van der Waals surface area contributed by atoms with Crippen molar-refractivity contribution in [3.63, 3.8) is 0 Å². The number of hydrogen-bond acceptors (Lipinski definition) is 7. The fourth-order valence-corrected chi connectivity index (χ4v) is 2.38. The molecule has 29 heavy (non-hydrogen) atoms. The van der Waals surface area contributed by atoms with Gasteiger partial charge in [-0.3, -0.25) is 14.4 Å². The lowest BCUT2D eigenvalue weighted by Crippen LogP contribution is -2.59. The van der Waals surface area contributed by atoms with E-state index in [2.05, 4.69) is 16.0 Å². The van der Waals surface area contributed by atoms with Gasteiger partial charge in [0.15, 0.2) is 0 Å². The van der Waals surface area contributed by atoms with Crippen LogP contribution in [0.2, 0.25) is 0 Å². The van der Waals surface area contributed by atoms with Crippen LogP contribution in [-0.4, -0.2) is 76.4 Å². The Morgan fingerprint density at radius 1 is 0.793 bits per heavy atom. The third-order valence-electron chi connectivity index (χ3n) is 4.97. The maximum absolute atomic E-state index is 12.3. The van der Waals surface area contributed by atoms with Crippen molar-refractivity contribution in [2.24, 2.45) is 17.6 Å². The second-order valence-corrected chi connectivity index (χ2v) is 7.11. The zero-order valence-electron chi connectivity index (χ0n) is 17.3. The maximum atomic E-state index is 12.3. The van der Waals surface area contributed by atoms with Crippen molar-refractivity contribution in [2.45, 2.75) is 64.7 Å². The van der Waals surface area contributed by atoms with Crippen LogP contribution < -0.4 is 21.7 Å². The highest BCUT2D eigenvalue weighted by Crippen LogP contribution is 2.08. The Bertz CT molecular complexity index is 572. The molecule has 0 aromatic rings. The lowest BCUT2D eigenvalue weighted by atomic mass is 9.99. The van der Waals surface area contributed by atoms with Gasteiger partial charge in [0.1, 0.15) is 18.1 Å². The standard InChI is InChI=1S/C18H34N4O7/c1-5-9(3)13(19)17(27)21-11(7-23)15(25)20-12(8-24)16(26)22-14(18(28)29)10(4)6-2/h9-14,23-24H,5-8,19H2,1-4H3,(H,20,25)(H,21,27)(H,22,26)(H,28,29). The summed E-state index contributed by atoms with van der Waals surface area (Å²) in [7, 11) is 0. The van der Waals surface area contributed by atoms with E-state index in [4.69, 9.17) is 5.73 Å². The molecule has 0 saturated carbocycles. The summed E-state index contributed by atoms with van der Waals surface area (Å²) in [5.41, 5.74) is 5.79. The largest absolute Gasteiger partial charge is 0.480 e. The molecule has 168 valence electrons. The van der Waals surface area contributed by atoms with E-state index < -0.39 is 61.1 Å². The predicted molar refractivity (Wildman–Crippen MR) is 104 cm³/mol. The van der Waals surface area contributed by atoms with Gasteiger partial charge in [0.2, 0.25) is 17.7 Å². The van der Waals surface area contributed by atoms with Crippen LogP contribution in [0.1, 0.15) is 40.5 Å². The van der Waals surface area contributed by atoms with Crippen LogP contribution in [0, 0.1) is 11.8 Å². The molecule has 0 rings (SSSR count). The van der Waals surface area contributed by atoms with E-state index in [-0.39, 0.29) is 11.8 Å². The molecule has 0 radical (unpaired) electrons. The third-order valence-corrected chi connectivity index (χ3v) is 4.97. The number of aliphatic hydroxyl groups is 2. The summed E-state index contributed by atoms with van der Waals surface area (Å²) in [6, 6.07) is -4.92. The van der Waals surface area contributed by atoms with E-state index in [1.165, 1.54) is 0 Å². The summed E-state index contributed by atoms with van der Waals surface area (Å²) in [6.45, 7) is 5.46. The molecule has 0 heterocycles. The minimum atomic E-state index is -1.46. The number of carboxylic acids is 1. The summed E-state index contributed by atoms with van der Waals surface area (Å²) in [5.74, 6) is -4.22. The number of aliphatic hydroxyl groups excluding tert-OH is 2. The van der Waals surface area contributed by atoms with E-state index in [9.17, 15) is 34.5 Å². The Balaban J connectivity index is 5.07. The first-order chi connectivity index (χ1) is 13.5. The van der Waals surface area contributed by atoms with Crippen LogP contribution in [0.25, 0.3) is 0 Å². The normalized spacial score (nSPS) is 17.2. The van der Waals surface area contributed by atoms with Crippen LogP contribution in [0.5, 0.6) is 0 Å². The molecule has 11 heteroatoms. The van der Waals surface area contributed by atoms with Crippen LogP contribution in [-0.2, 0) is 19.2 Å². The molecule has 0 aliphatic rings. The zero-order valence-corrected chi connectivity index (χ0v) is 17.3. The van der Waals surface area contributed by atoms with Gasteiger partial charge in [0.25, 0.3) is 0 Å². The Hall–Kier alpha value is -2.24. The SMILES string of the molecule is CCC(C)C(N)C(=O)NC(CO)C(=O)NC(CO)C(=O)NC(C(=O)O)C(C)CC. The number of nitrogens with two attached hydrogens (primary N) is 1. The fourth-order valence-electron chi connectivity index (χ4n) is 2.38. The summed E-state index contributed by atoms with van der Waals surface area (Å²) < 4.78 is 0. The minimum absolute atomic E-state index is 0.151. The van der Waals surface area contributed by atoms with Gasteiger partial charge in [-0.15, -0.1) is 0 Å². The van der Waals surface area contributed by atoms with Gasteiger partial charge >= 0.3 is 5.97 Å². The summed E-state index contributed by atoms with van der Waals surface area (Å²) in [6.07, 6.45) is 1.13. The summed E-state index contributed by atoms with van der Waals surface area (Å²) >= 11 is 0. The number of nitrogens with one attached hydrogen (secondary N) is 3. The smallest absolute Gasteiger partial charge is 0.326 e. The van der Waals surface area contributed by atoms with E-state index >= 15 is 0 Å². The van der Waals surface area contributed by atoms with E-state index in [1.807, 2.05) is 6.92 Å². The lowest BCUT2D eigenvalue weighted by Gasteiger charge is -2.25. The molecule has 11 nitrogen and oxygen atoms in total. The Morgan fingerprint density at radius 3 is 1.59 bits per heavy atom. The molecule has 6 unspecified atom stereocenters. The zero-order chi connectivity index (χ0) is 22.7. The first kappa shape index (κ1) is 26.8. The number of aliphatic carboxylic acids is 1. The first-order valence-corrected chi connectivity index (χ1v) is 9.65. The van der Waals surface area contributed by atoms with Gasteiger partial charge in [0.05, 0.1) is 19.3 Å². The second-order valence-electron chi connectivity index (χ2n) is 7.11. The lowest BCUT2D eigenvalue weighted by molar-refractivity contribution is -0.144. The minimum Gasteiger partial charge on any atom is -0.480 e. The Morgan fingerprint density at radius 2 is 1.21 bits per heavy atom. The van der Waals surface area contributed by atoms with Crippen molar-refractivity contribution in [2.75, 3.05) is 13.2 Å². The molecule has 0 aromatic heterocycles. The highest BCUT2D eigenvalue weighted by Gasteiger charge is 2.31. The molecule has 3 amide bonds. The number of carboxylic acid groups (broad SMARTS) is 1. The molecule has 6 atom stereocenters. The summed E-state index contributed by atoms with van der Waals surface area (Å²) in [4.78, 5) is 48.1. The molecule has 0 aliphatic heterocycles. The molecule has 0 saturated heterocycles. The van der Waals surface area contributed by atoms with Gasteiger partial charge in [-0.05, 0) is 11.8 Å². The Labute approximate surface area is 170 Å². The van der Waals surface area contributed by atoms with Crippen molar-refractivity contribution < 1.29 is 34.5 Å². The number of carbonyl (C=O) groups excluding carboxylic acids is 3. The number of amides is 3. The van der Waals surface area contributed by atoms with E-state index in [0.29, 0.717) is 12.8 Å². The number of carbonyl (C=O) groups is 4. The van der Waals surface area contributed by atoms with Gasteiger partial charge in [0, 0.05) is 0 Å². The van der Waals surface area contributed by atoms with E-state index in [0.717, 1.165) is 0 Å². The van der Waals surface area contributed by atoms with Gasteiger partial charge in [-0.2, -0.15) is 0 Å². The average molecular weight is 418 g/mol. The average Bonchev–Trinajstić information content (AvgIpc) is 2.71. The van der Waals surface area contributed by atoms with Crippen molar-refractivity contribution in [3.8, 4) is 0 Å². The molecule has 8 N–H and O–H groups in total. The number of hydrogen-bond donors (Lipinski definition) is 7. The van der Waals surface area contributed by atoms with Crippen LogP contribution in [0.4, 0.5) is 0 Å². The Kier molecular flexibility index (Phi) is 12.1. The van der Waals surface area contributed by atoms with Crippen molar-refractivity contribution in [3.05, 3.63) is 0 Å². The molecule has 0 aromatic carbocycles. The predicted octanol–water partition coefficient (Wildman–Crippen LogP) is -2.07. The molecule has 0 fully saturated rings. The molecular weight excluding hydrogens is 384 g/mol. The van der Waals surface area contributed by atoms with Crippen LogP contribution in [0.3, 0.4) is 0 Å². The van der Waals surface area contributed by atoms with Gasteiger partial charge in [-0.25, -0.2) is 4.79 Å². The highest BCUT2D eigenvalue weighted by molar-refractivity contribution is 5.94. The van der Waals surface area contributed by atoms with E-state index in [1.54, 1.807) is 20.8 Å². The van der Waals surface area contributed by atoms with Gasteiger partial charge < -0.3 is 37.0 Å². The van der Waals surface area contributed by atoms with Crippen molar-refractivity contribution in [1.82, 2.24) is 16.0 Å². The van der Waals surface area contributed by atoms with Crippen LogP contribution >= 0.6 is 0 Å². The maximum Gasteiger partial charge on any atom is 0.326 e. The molecule has 0 bridgehead atoms. The monoisotopic (exact) mass is 418 g/mol. The van der Waals surface area contributed by atoms with Crippen molar-refractivity contribution >= 4 is 23.7 Å². The first-order valence-electron chi connectivity index (χ1n) is 9.65. The second kappa shape index (κ2) is 13.1. The quantitative estimate of drug-likeness (QED) is 0.177. The topological polar surface area (TPSA) is 191 Å². The van der Waals surface area contributed by atoms with Crippen molar-refractivity contribution in [1.29, 1.82) is 0 Å².